The minimum Gasteiger partial charge on any atom is -0.370 e. The van der Waals surface area contributed by atoms with Crippen LogP contribution in [0, 0.1) is 5.92 Å². The third-order valence-corrected chi connectivity index (χ3v) is 3.94. The van der Waals surface area contributed by atoms with Gasteiger partial charge in [-0.05, 0) is 46.5 Å². The van der Waals surface area contributed by atoms with Crippen molar-refractivity contribution >= 4 is 5.96 Å². The summed E-state index contributed by atoms with van der Waals surface area (Å²) in [6, 6.07) is 1.12. The zero-order valence-electron chi connectivity index (χ0n) is 13.4. The van der Waals surface area contributed by atoms with Crippen molar-refractivity contribution in [1.29, 1.82) is 0 Å². The molecule has 112 valence electrons. The maximum Gasteiger partial charge on any atom is 0.191 e. The molecule has 2 N–H and O–H groups in total. The minimum atomic E-state index is 0.562. The molecular formula is C15H32N4. The summed E-state index contributed by atoms with van der Waals surface area (Å²) >= 11 is 0. The molecule has 1 atom stereocenters. The quantitative estimate of drug-likeness (QED) is 0.614. The number of hydrogen-bond acceptors (Lipinski definition) is 2. The standard InChI is InChI=1S/C15H32N4/c1-12(2)19(13(3)4)10-8-17-15(16)18-9-6-7-14(5)11-18/h12-14H,6-11H2,1-5H3,(H2,16,17). The Kier molecular flexibility index (Phi) is 6.63. The van der Waals surface area contributed by atoms with E-state index in [0.717, 1.165) is 38.1 Å². The second-order valence-electron chi connectivity index (χ2n) is 6.36. The maximum atomic E-state index is 6.11. The summed E-state index contributed by atoms with van der Waals surface area (Å²) in [5, 5.41) is 0. The summed E-state index contributed by atoms with van der Waals surface area (Å²) in [5.41, 5.74) is 6.11. The Morgan fingerprint density at radius 1 is 1.32 bits per heavy atom. The molecule has 0 radical (unpaired) electrons. The molecule has 0 bridgehead atoms. The van der Waals surface area contributed by atoms with Crippen LogP contribution < -0.4 is 5.73 Å². The first kappa shape index (κ1) is 16.3. The van der Waals surface area contributed by atoms with Crippen molar-refractivity contribution in [3.63, 3.8) is 0 Å². The van der Waals surface area contributed by atoms with Gasteiger partial charge in [-0.15, -0.1) is 0 Å². The summed E-state index contributed by atoms with van der Waals surface area (Å²) in [6.07, 6.45) is 2.56. The molecule has 0 aromatic heterocycles. The number of nitrogens with two attached hydrogens (primary N) is 1. The molecule has 1 rings (SSSR count). The van der Waals surface area contributed by atoms with Gasteiger partial charge in [0.2, 0.25) is 0 Å². The first-order chi connectivity index (χ1) is 8.91. The van der Waals surface area contributed by atoms with Crippen molar-refractivity contribution in [3.05, 3.63) is 0 Å². The first-order valence-corrected chi connectivity index (χ1v) is 7.72. The van der Waals surface area contributed by atoms with Gasteiger partial charge in [0.15, 0.2) is 5.96 Å². The monoisotopic (exact) mass is 268 g/mol. The predicted molar refractivity (Wildman–Crippen MR) is 83.4 cm³/mol. The van der Waals surface area contributed by atoms with Crippen molar-refractivity contribution < 1.29 is 0 Å². The highest BCUT2D eigenvalue weighted by Crippen LogP contribution is 2.14. The Labute approximate surface area is 119 Å². The van der Waals surface area contributed by atoms with Crippen molar-refractivity contribution in [3.8, 4) is 0 Å². The third kappa shape index (κ3) is 5.39. The van der Waals surface area contributed by atoms with E-state index in [1.165, 1.54) is 12.8 Å². The molecular weight excluding hydrogens is 236 g/mol. The van der Waals surface area contributed by atoms with Crippen LogP contribution in [0.15, 0.2) is 4.99 Å². The van der Waals surface area contributed by atoms with Gasteiger partial charge in [-0.25, -0.2) is 0 Å². The number of aliphatic imine (C=N–C) groups is 1. The van der Waals surface area contributed by atoms with Gasteiger partial charge in [0.25, 0.3) is 0 Å². The largest absolute Gasteiger partial charge is 0.370 e. The van der Waals surface area contributed by atoms with Crippen LogP contribution in [0.1, 0.15) is 47.5 Å². The molecule has 1 unspecified atom stereocenters. The lowest BCUT2D eigenvalue weighted by Crippen LogP contribution is -2.44. The molecule has 1 heterocycles. The Hall–Kier alpha value is -0.770. The highest BCUT2D eigenvalue weighted by molar-refractivity contribution is 5.78. The van der Waals surface area contributed by atoms with Crippen molar-refractivity contribution in [1.82, 2.24) is 9.80 Å². The number of piperidine rings is 1. The van der Waals surface area contributed by atoms with E-state index in [-0.39, 0.29) is 0 Å². The van der Waals surface area contributed by atoms with E-state index in [9.17, 15) is 0 Å². The van der Waals surface area contributed by atoms with Crippen molar-refractivity contribution in [2.75, 3.05) is 26.2 Å². The number of rotatable bonds is 5. The Morgan fingerprint density at radius 2 is 1.95 bits per heavy atom. The van der Waals surface area contributed by atoms with E-state index in [1.807, 2.05) is 0 Å². The van der Waals surface area contributed by atoms with Crippen molar-refractivity contribution in [2.24, 2.45) is 16.6 Å². The fourth-order valence-corrected chi connectivity index (χ4v) is 2.89. The topological polar surface area (TPSA) is 44.9 Å². The van der Waals surface area contributed by atoms with E-state index in [2.05, 4.69) is 49.4 Å². The number of likely N-dealkylation sites (tertiary alicyclic amines) is 1. The summed E-state index contributed by atoms with van der Waals surface area (Å²) in [7, 11) is 0. The lowest BCUT2D eigenvalue weighted by molar-refractivity contribution is 0.180. The highest BCUT2D eigenvalue weighted by atomic mass is 15.3. The van der Waals surface area contributed by atoms with E-state index >= 15 is 0 Å². The van der Waals surface area contributed by atoms with Crippen molar-refractivity contribution in [2.45, 2.75) is 59.5 Å². The molecule has 0 spiro atoms. The molecule has 1 aliphatic heterocycles. The molecule has 1 fully saturated rings. The van der Waals surface area contributed by atoms with Gasteiger partial charge in [0.05, 0.1) is 6.54 Å². The molecule has 0 aromatic carbocycles. The fourth-order valence-electron chi connectivity index (χ4n) is 2.89. The van der Waals surface area contributed by atoms with E-state index in [1.54, 1.807) is 0 Å². The molecule has 0 aliphatic carbocycles. The van der Waals surface area contributed by atoms with Gasteiger partial charge in [-0.3, -0.25) is 9.89 Å². The minimum absolute atomic E-state index is 0.562. The molecule has 1 saturated heterocycles. The van der Waals surface area contributed by atoms with E-state index in [4.69, 9.17) is 5.73 Å². The Bertz CT molecular complexity index is 278. The van der Waals surface area contributed by atoms with Gasteiger partial charge in [0.1, 0.15) is 0 Å². The normalized spacial score (nSPS) is 21.8. The number of nitrogens with zero attached hydrogens (tertiary/aromatic N) is 3. The second-order valence-corrected chi connectivity index (χ2v) is 6.36. The van der Waals surface area contributed by atoms with Gasteiger partial charge < -0.3 is 10.6 Å². The molecule has 4 heteroatoms. The smallest absolute Gasteiger partial charge is 0.191 e. The van der Waals surface area contributed by atoms with Crippen LogP contribution in [0.25, 0.3) is 0 Å². The molecule has 4 nitrogen and oxygen atoms in total. The van der Waals surface area contributed by atoms with Crippen LogP contribution in [0.4, 0.5) is 0 Å². The average molecular weight is 268 g/mol. The van der Waals surface area contributed by atoms with Crippen LogP contribution in [0.3, 0.4) is 0 Å². The molecule has 0 saturated carbocycles. The van der Waals surface area contributed by atoms with Crippen LogP contribution in [-0.4, -0.2) is 54.0 Å². The first-order valence-electron chi connectivity index (χ1n) is 7.72. The Balaban J connectivity index is 2.42. The lowest BCUT2D eigenvalue weighted by atomic mass is 10.0. The predicted octanol–water partition coefficient (Wildman–Crippen LogP) is 2.15. The van der Waals surface area contributed by atoms with E-state index < -0.39 is 0 Å². The zero-order chi connectivity index (χ0) is 14.4. The van der Waals surface area contributed by atoms with Gasteiger partial charge in [-0.2, -0.15) is 0 Å². The SMILES string of the molecule is CC1CCCN(C(N)=NCCN(C(C)C)C(C)C)C1. The fraction of sp³-hybridized carbons (Fsp3) is 0.933. The molecule has 19 heavy (non-hydrogen) atoms. The second kappa shape index (κ2) is 7.73. The summed E-state index contributed by atoms with van der Waals surface area (Å²) in [6.45, 7) is 15.1. The third-order valence-electron chi connectivity index (χ3n) is 3.94. The van der Waals surface area contributed by atoms with Gasteiger partial charge in [0, 0.05) is 31.7 Å². The maximum absolute atomic E-state index is 6.11. The van der Waals surface area contributed by atoms with Crippen LogP contribution in [-0.2, 0) is 0 Å². The lowest BCUT2D eigenvalue weighted by Gasteiger charge is -2.32. The van der Waals surface area contributed by atoms with Crippen LogP contribution in [0.5, 0.6) is 0 Å². The number of guanidine groups is 1. The van der Waals surface area contributed by atoms with Gasteiger partial charge >= 0.3 is 0 Å². The zero-order valence-corrected chi connectivity index (χ0v) is 13.4. The van der Waals surface area contributed by atoms with Crippen LogP contribution in [0.2, 0.25) is 0 Å². The Morgan fingerprint density at radius 3 is 2.47 bits per heavy atom. The molecule has 0 amide bonds. The van der Waals surface area contributed by atoms with E-state index in [0.29, 0.717) is 12.1 Å². The summed E-state index contributed by atoms with van der Waals surface area (Å²) in [4.78, 5) is 9.26. The van der Waals surface area contributed by atoms with Gasteiger partial charge in [-0.1, -0.05) is 6.92 Å². The average Bonchev–Trinajstić information content (AvgIpc) is 2.33. The van der Waals surface area contributed by atoms with Crippen LogP contribution >= 0.6 is 0 Å². The summed E-state index contributed by atoms with van der Waals surface area (Å²) < 4.78 is 0. The molecule has 0 aromatic rings. The molecule has 1 aliphatic rings. The number of hydrogen-bond donors (Lipinski definition) is 1. The highest BCUT2D eigenvalue weighted by Gasteiger charge is 2.18. The summed E-state index contributed by atoms with van der Waals surface area (Å²) in [5.74, 6) is 1.48.